The molecule has 2 N–H and O–H groups in total. The lowest BCUT2D eigenvalue weighted by molar-refractivity contribution is 0.387. The number of rotatable bonds is 3. The van der Waals surface area contributed by atoms with Crippen molar-refractivity contribution in [2.75, 3.05) is 7.11 Å². The Morgan fingerprint density at radius 3 is 2.72 bits per heavy atom. The first-order valence-corrected chi connectivity index (χ1v) is 5.88. The molecule has 0 spiro atoms. The van der Waals surface area contributed by atoms with Crippen LogP contribution < -0.4 is 10.5 Å². The largest absolute Gasteiger partial charge is 0.480 e. The first kappa shape index (κ1) is 12.8. The fraction of sp³-hybridized carbons (Fsp3) is 0.231. The molecule has 0 bridgehead atoms. The third-order valence-corrected chi connectivity index (χ3v) is 3.23. The van der Waals surface area contributed by atoms with Crippen molar-refractivity contribution < 1.29 is 4.74 Å². The van der Waals surface area contributed by atoms with Crippen LogP contribution in [0.15, 0.2) is 30.6 Å². The summed E-state index contributed by atoms with van der Waals surface area (Å²) in [7, 11) is 1.55. The summed E-state index contributed by atoms with van der Waals surface area (Å²) in [6.07, 6.45) is 3.16. The number of benzene rings is 1. The quantitative estimate of drug-likeness (QED) is 0.924. The molecular formula is C13H14ClN3O. The SMILES string of the molecule is COc1nccnc1C(N)c1cccc(Cl)c1C. The highest BCUT2D eigenvalue weighted by Crippen LogP contribution is 2.29. The van der Waals surface area contributed by atoms with Crippen LogP contribution in [0, 0.1) is 6.92 Å². The Hall–Kier alpha value is -1.65. The fourth-order valence-corrected chi connectivity index (χ4v) is 2.00. The van der Waals surface area contributed by atoms with Crippen LogP contribution in [0.1, 0.15) is 22.9 Å². The summed E-state index contributed by atoms with van der Waals surface area (Å²) in [4.78, 5) is 8.34. The summed E-state index contributed by atoms with van der Waals surface area (Å²) in [5.74, 6) is 0.435. The molecule has 1 unspecified atom stereocenters. The van der Waals surface area contributed by atoms with Crippen LogP contribution in [0.2, 0.25) is 5.02 Å². The molecule has 1 aromatic heterocycles. The van der Waals surface area contributed by atoms with Gasteiger partial charge >= 0.3 is 0 Å². The van der Waals surface area contributed by atoms with Gasteiger partial charge in [0.1, 0.15) is 5.69 Å². The molecular weight excluding hydrogens is 250 g/mol. The number of hydrogen-bond acceptors (Lipinski definition) is 4. The lowest BCUT2D eigenvalue weighted by Crippen LogP contribution is -2.16. The van der Waals surface area contributed by atoms with Crippen molar-refractivity contribution in [1.82, 2.24) is 9.97 Å². The van der Waals surface area contributed by atoms with E-state index in [0.717, 1.165) is 11.1 Å². The Morgan fingerprint density at radius 1 is 1.28 bits per heavy atom. The summed E-state index contributed by atoms with van der Waals surface area (Å²) in [5, 5.41) is 0.686. The molecule has 2 aromatic rings. The van der Waals surface area contributed by atoms with Crippen LogP contribution in [0.3, 0.4) is 0 Å². The Morgan fingerprint density at radius 2 is 2.00 bits per heavy atom. The van der Waals surface area contributed by atoms with Gasteiger partial charge in [-0.25, -0.2) is 4.98 Å². The van der Waals surface area contributed by atoms with Gasteiger partial charge in [-0.15, -0.1) is 0 Å². The van der Waals surface area contributed by atoms with Crippen molar-refractivity contribution >= 4 is 11.6 Å². The van der Waals surface area contributed by atoms with E-state index in [0.29, 0.717) is 16.6 Å². The zero-order valence-corrected chi connectivity index (χ0v) is 11.0. The van der Waals surface area contributed by atoms with E-state index in [4.69, 9.17) is 22.1 Å². The van der Waals surface area contributed by atoms with Gasteiger partial charge in [0.25, 0.3) is 0 Å². The molecule has 5 heteroatoms. The van der Waals surface area contributed by atoms with Crippen molar-refractivity contribution in [1.29, 1.82) is 0 Å². The molecule has 4 nitrogen and oxygen atoms in total. The van der Waals surface area contributed by atoms with Gasteiger partial charge in [-0.1, -0.05) is 23.7 Å². The van der Waals surface area contributed by atoms with E-state index >= 15 is 0 Å². The Bertz CT molecular complexity index is 560. The number of ether oxygens (including phenoxy) is 1. The van der Waals surface area contributed by atoms with Crippen molar-refractivity contribution in [3.8, 4) is 5.88 Å². The molecule has 0 amide bonds. The summed E-state index contributed by atoms with van der Waals surface area (Å²) < 4.78 is 5.17. The topological polar surface area (TPSA) is 61.0 Å². The molecule has 0 radical (unpaired) electrons. The molecule has 1 atom stereocenters. The van der Waals surface area contributed by atoms with E-state index < -0.39 is 6.04 Å². The highest BCUT2D eigenvalue weighted by molar-refractivity contribution is 6.31. The summed E-state index contributed by atoms with van der Waals surface area (Å²) in [5.41, 5.74) is 8.69. The molecule has 94 valence electrons. The molecule has 0 aliphatic heterocycles. The standard InChI is InChI=1S/C13H14ClN3O/c1-8-9(4-3-5-10(8)14)11(15)12-13(18-2)17-7-6-16-12/h3-7,11H,15H2,1-2H3. The van der Waals surface area contributed by atoms with Gasteiger partial charge in [-0.3, -0.25) is 4.98 Å². The van der Waals surface area contributed by atoms with Crippen LogP contribution in [-0.2, 0) is 0 Å². The third kappa shape index (κ3) is 2.30. The lowest BCUT2D eigenvalue weighted by atomic mass is 9.99. The average Bonchev–Trinajstić information content (AvgIpc) is 2.41. The Balaban J connectivity index is 2.48. The zero-order valence-electron chi connectivity index (χ0n) is 10.2. The van der Waals surface area contributed by atoms with E-state index in [-0.39, 0.29) is 0 Å². The predicted octanol–water partition coefficient (Wildman–Crippen LogP) is 2.50. The van der Waals surface area contributed by atoms with Crippen molar-refractivity contribution in [3.63, 3.8) is 0 Å². The highest BCUT2D eigenvalue weighted by Gasteiger charge is 2.18. The zero-order chi connectivity index (χ0) is 13.1. The molecule has 1 heterocycles. The van der Waals surface area contributed by atoms with Crippen LogP contribution in [0.4, 0.5) is 0 Å². The molecule has 0 fully saturated rings. The van der Waals surface area contributed by atoms with E-state index in [2.05, 4.69) is 9.97 Å². The number of hydrogen-bond donors (Lipinski definition) is 1. The lowest BCUT2D eigenvalue weighted by Gasteiger charge is -2.16. The van der Waals surface area contributed by atoms with Gasteiger partial charge < -0.3 is 10.5 Å². The van der Waals surface area contributed by atoms with Crippen molar-refractivity contribution in [2.45, 2.75) is 13.0 Å². The van der Waals surface area contributed by atoms with Gasteiger partial charge in [0.2, 0.25) is 5.88 Å². The maximum absolute atomic E-state index is 6.22. The second-order valence-electron chi connectivity index (χ2n) is 3.88. The minimum absolute atomic E-state index is 0.410. The second kappa shape index (κ2) is 5.33. The smallest absolute Gasteiger partial charge is 0.237 e. The number of halogens is 1. The van der Waals surface area contributed by atoms with Crippen LogP contribution in [0.25, 0.3) is 0 Å². The van der Waals surface area contributed by atoms with Gasteiger partial charge in [0.15, 0.2) is 0 Å². The molecule has 0 saturated heterocycles. The van der Waals surface area contributed by atoms with Gasteiger partial charge in [-0.05, 0) is 24.1 Å². The summed E-state index contributed by atoms with van der Waals surface area (Å²) >= 11 is 6.10. The van der Waals surface area contributed by atoms with E-state index in [1.807, 2.05) is 25.1 Å². The molecule has 2 rings (SSSR count). The van der Waals surface area contributed by atoms with Crippen molar-refractivity contribution in [2.24, 2.45) is 5.73 Å². The minimum atomic E-state index is -0.410. The van der Waals surface area contributed by atoms with Crippen LogP contribution >= 0.6 is 11.6 Å². The van der Waals surface area contributed by atoms with E-state index in [1.165, 1.54) is 0 Å². The second-order valence-corrected chi connectivity index (χ2v) is 4.29. The maximum Gasteiger partial charge on any atom is 0.237 e. The molecule has 18 heavy (non-hydrogen) atoms. The summed E-state index contributed by atoms with van der Waals surface area (Å²) in [6.45, 7) is 1.93. The molecule has 0 aliphatic rings. The monoisotopic (exact) mass is 263 g/mol. The first-order valence-electron chi connectivity index (χ1n) is 5.50. The Kier molecular flexibility index (Phi) is 3.79. The fourth-order valence-electron chi connectivity index (χ4n) is 1.81. The normalized spacial score (nSPS) is 12.2. The van der Waals surface area contributed by atoms with Gasteiger partial charge in [0, 0.05) is 17.4 Å². The van der Waals surface area contributed by atoms with E-state index in [1.54, 1.807) is 19.5 Å². The summed E-state index contributed by atoms with van der Waals surface area (Å²) in [6, 6.07) is 5.22. The molecule has 0 aliphatic carbocycles. The number of methoxy groups -OCH3 is 1. The van der Waals surface area contributed by atoms with Crippen LogP contribution in [-0.4, -0.2) is 17.1 Å². The molecule has 0 saturated carbocycles. The highest BCUT2D eigenvalue weighted by atomic mass is 35.5. The minimum Gasteiger partial charge on any atom is -0.480 e. The maximum atomic E-state index is 6.22. The number of aromatic nitrogens is 2. The third-order valence-electron chi connectivity index (χ3n) is 2.82. The van der Waals surface area contributed by atoms with Crippen LogP contribution in [0.5, 0.6) is 5.88 Å². The van der Waals surface area contributed by atoms with Crippen molar-refractivity contribution in [3.05, 3.63) is 52.4 Å². The van der Waals surface area contributed by atoms with Gasteiger partial charge in [-0.2, -0.15) is 0 Å². The Labute approximate surface area is 111 Å². The molecule has 1 aromatic carbocycles. The van der Waals surface area contributed by atoms with Gasteiger partial charge in [0.05, 0.1) is 13.2 Å². The predicted molar refractivity (Wildman–Crippen MR) is 70.8 cm³/mol. The first-order chi connectivity index (χ1) is 8.65. The van der Waals surface area contributed by atoms with E-state index in [9.17, 15) is 0 Å². The number of nitrogens with two attached hydrogens (primary N) is 1. The number of nitrogens with zero attached hydrogens (tertiary/aromatic N) is 2. The average molecular weight is 264 g/mol.